The molecule has 0 atom stereocenters. The number of piperidine rings is 1. The minimum absolute atomic E-state index is 0.458. The maximum absolute atomic E-state index is 5.68. The first-order chi connectivity index (χ1) is 7.31. The van der Waals surface area contributed by atoms with E-state index in [-0.39, 0.29) is 0 Å². The summed E-state index contributed by atoms with van der Waals surface area (Å²) in [6, 6.07) is 0.778. The van der Waals surface area contributed by atoms with Crippen LogP contribution in [0.3, 0.4) is 0 Å². The number of nitrogens with two attached hydrogens (primary N) is 1. The van der Waals surface area contributed by atoms with E-state index in [1.165, 1.54) is 38.8 Å². The van der Waals surface area contributed by atoms with Crippen LogP contribution in [0.25, 0.3) is 0 Å². The molecule has 3 heteroatoms. The molecule has 1 aliphatic rings. The zero-order chi connectivity index (χ0) is 11.1. The van der Waals surface area contributed by atoms with Crippen molar-refractivity contribution in [1.82, 2.24) is 4.90 Å². The molecular weight excluding hydrogens is 188 g/mol. The number of ether oxygens (including phenoxy) is 1. The van der Waals surface area contributed by atoms with Gasteiger partial charge in [0.2, 0.25) is 0 Å². The van der Waals surface area contributed by atoms with Crippen molar-refractivity contribution in [2.45, 2.75) is 51.7 Å². The van der Waals surface area contributed by atoms with E-state index in [4.69, 9.17) is 10.5 Å². The standard InChI is InChI=1S/C12H26N2O/c1-3-11(4-2)14-8-5-12(6-9-14)15-10-7-13/h11-12H,3-10,13H2,1-2H3. The second-order valence-electron chi connectivity index (χ2n) is 4.37. The molecule has 0 unspecified atom stereocenters. The molecule has 0 saturated carbocycles. The Labute approximate surface area is 94.0 Å². The third-order valence-corrected chi connectivity index (χ3v) is 3.41. The summed E-state index contributed by atoms with van der Waals surface area (Å²) in [5.41, 5.74) is 5.43. The third kappa shape index (κ3) is 4.09. The Hall–Kier alpha value is -0.120. The van der Waals surface area contributed by atoms with Crippen molar-refractivity contribution in [3.63, 3.8) is 0 Å². The van der Waals surface area contributed by atoms with Gasteiger partial charge in [-0.3, -0.25) is 0 Å². The van der Waals surface area contributed by atoms with Gasteiger partial charge in [0, 0.05) is 25.7 Å². The molecule has 0 aromatic heterocycles. The van der Waals surface area contributed by atoms with Crippen LogP contribution in [-0.2, 0) is 4.74 Å². The maximum Gasteiger partial charge on any atom is 0.0600 e. The SMILES string of the molecule is CCC(CC)N1CCC(OCCN)CC1. The van der Waals surface area contributed by atoms with Gasteiger partial charge >= 0.3 is 0 Å². The van der Waals surface area contributed by atoms with Gasteiger partial charge in [0.25, 0.3) is 0 Å². The minimum Gasteiger partial charge on any atom is -0.377 e. The molecule has 0 bridgehead atoms. The molecule has 3 nitrogen and oxygen atoms in total. The molecule has 1 rings (SSSR count). The smallest absolute Gasteiger partial charge is 0.0600 e. The van der Waals surface area contributed by atoms with E-state index in [2.05, 4.69) is 18.7 Å². The Bertz CT molecular complexity index is 152. The van der Waals surface area contributed by atoms with Crippen molar-refractivity contribution in [2.24, 2.45) is 5.73 Å². The summed E-state index contributed by atoms with van der Waals surface area (Å²) in [4.78, 5) is 2.61. The van der Waals surface area contributed by atoms with Crippen LogP contribution in [0.2, 0.25) is 0 Å². The summed E-state index contributed by atoms with van der Waals surface area (Å²) in [7, 11) is 0. The zero-order valence-corrected chi connectivity index (χ0v) is 10.2. The predicted molar refractivity (Wildman–Crippen MR) is 64.0 cm³/mol. The third-order valence-electron chi connectivity index (χ3n) is 3.41. The Morgan fingerprint density at radius 3 is 2.33 bits per heavy atom. The molecule has 0 aliphatic carbocycles. The average Bonchev–Trinajstić information content (AvgIpc) is 2.29. The number of hydrogen-bond acceptors (Lipinski definition) is 3. The monoisotopic (exact) mass is 214 g/mol. The molecule has 1 aliphatic heterocycles. The maximum atomic E-state index is 5.68. The van der Waals surface area contributed by atoms with Crippen LogP contribution in [0.5, 0.6) is 0 Å². The van der Waals surface area contributed by atoms with E-state index in [0.29, 0.717) is 12.6 Å². The Morgan fingerprint density at radius 2 is 1.87 bits per heavy atom. The fraction of sp³-hybridized carbons (Fsp3) is 1.00. The normalized spacial score (nSPS) is 20.0. The number of likely N-dealkylation sites (tertiary alicyclic amines) is 1. The fourth-order valence-corrected chi connectivity index (χ4v) is 2.45. The van der Waals surface area contributed by atoms with E-state index in [9.17, 15) is 0 Å². The van der Waals surface area contributed by atoms with Gasteiger partial charge in [-0.1, -0.05) is 13.8 Å². The molecule has 0 radical (unpaired) electrons. The topological polar surface area (TPSA) is 38.5 Å². The summed E-state index contributed by atoms with van der Waals surface area (Å²) in [5, 5.41) is 0. The van der Waals surface area contributed by atoms with E-state index in [1.54, 1.807) is 0 Å². The number of rotatable bonds is 6. The predicted octanol–water partition coefficient (Wildman–Crippen LogP) is 1.61. The molecule has 1 fully saturated rings. The van der Waals surface area contributed by atoms with Crippen LogP contribution in [0.15, 0.2) is 0 Å². The van der Waals surface area contributed by atoms with Crippen LogP contribution >= 0.6 is 0 Å². The highest BCUT2D eigenvalue weighted by molar-refractivity contribution is 4.77. The minimum atomic E-state index is 0.458. The quantitative estimate of drug-likeness (QED) is 0.730. The van der Waals surface area contributed by atoms with Crippen LogP contribution < -0.4 is 5.73 Å². The average molecular weight is 214 g/mol. The van der Waals surface area contributed by atoms with Crippen molar-refractivity contribution in [3.05, 3.63) is 0 Å². The molecule has 0 aromatic carbocycles. The molecule has 2 N–H and O–H groups in total. The molecular formula is C12H26N2O. The highest BCUT2D eigenvalue weighted by Crippen LogP contribution is 2.18. The van der Waals surface area contributed by atoms with Crippen molar-refractivity contribution in [1.29, 1.82) is 0 Å². The Morgan fingerprint density at radius 1 is 1.27 bits per heavy atom. The summed E-state index contributed by atoms with van der Waals surface area (Å²) >= 11 is 0. The summed E-state index contributed by atoms with van der Waals surface area (Å²) < 4.78 is 5.68. The van der Waals surface area contributed by atoms with Gasteiger partial charge in [-0.15, -0.1) is 0 Å². The zero-order valence-electron chi connectivity index (χ0n) is 10.2. The number of nitrogens with zero attached hydrogens (tertiary/aromatic N) is 1. The highest BCUT2D eigenvalue weighted by Gasteiger charge is 2.23. The summed E-state index contributed by atoms with van der Waals surface area (Å²) in [6.07, 6.45) is 5.35. The van der Waals surface area contributed by atoms with E-state index < -0.39 is 0 Å². The van der Waals surface area contributed by atoms with Crippen LogP contribution in [0, 0.1) is 0 Å². The first-order valence-electron chi connectivity index (χ1n) is 6.37. The van der Waals surface area contributed by atoms with E-state index in [1.807, 2.05) is 0 Å². The van der Waals surface area contributed by atoms with Gasteiger partial charge < -0.3 is 15.4 Å². The Balaban J connectivity index is 2.22. The largest absolute Gasteiger partial charge is 0.377 e. The fourth-order valence-electron chi connectivity index (χ4n) is 2.45. The van der Waals surface area contributed by atoms with Gasteiger partial charge in [0.05, 0.1) is 12.7 Å². The Kier molecular flexibility index (Phi) is 6.22. The second-order valence-corrected chi connectivity index (χ2v) is 4.37. The lowest BCUT2D eigenvalue weighted by Crippen LogP contribution is -2.43. The van der Waals surface area contributed by atoms with Gasteiger partial charge in [0.1, 0.15) is 0 Å². The van der Waals surface area contributed by atoms with Gasteiger partial charge in [-0.05, 0) is 25.7 Å². The molecule has 0 amide bonds. The lowest BCUT2D eigenvalue weighted by molar-refractivity contribution is 0.000692. The first-order valence-corrected chi connectivity index (χ1v) is 6.37. The summed E-state index contributed by atoms with van der Waals surface area (Å²) in [5.74, 6) is 0. The van der Waals surface area contributed by atoms with Crippen LogP contribution in [-0.4, -0.2) is 43.3 Å². The van der Waals surface area contributed by atoms with Crippen molar-refractivity contribution >= 4 is 0 Å². The van der Waals surface area contributed by atoms with Crippen LogP contribution in [0.4, 0.5) is 0 Å². The van der Waals surface area contributed by atoms with Gasteiger partial charge in [0.15, 0.2) is 0 Å². The van der Waals surface area contributed by atoms with Crippen molar-refractivity contribution in [2.75, 3.05) is 26.2 Å². The lowest BCUT2D eigenvalue weighted by atomic mass is 10.0. The van der Waals surface area contributed by atoms with Crippen molar-refractivity contribution < 1.29 is 4.74 Å². The highest BCUT2D eigenvalue weighted by atomic mass is 16.5. The second kappa shape index (κ2) is 7.20. The van der Waals surface area contributed by atoms with Crippen molar-refractivity contribution in [3.8, 4) is 0 Å². The molecule has 1 saturated heterocycles. The molecule has 90 valence electrons. The molecule has 0 aromatic rings. The van der Waals surface area contributed by atoms with Gasteiger partial charge in [-0.2, -0.15) is 0 Å². The number of hydrogen-bond donors (Lipinski definition) is 1. The lowest BCUT2D eigenvalue weighted by Gasteiger charge is -2.36. The van der Waals surface area contributed by atoms with E-state index in [0.717, 1.165) is 12.6 Å². The van der Waals surface area contributed by atoms with Crippen LogP contribution in [0.1, 0.15) is 39.5 Å². The van der Waals surface area contributed by atoms with E-state index >= 15 is 0 Å². The molecule has 0 spiro atoms. The summed E-state index contributed by atoms with van der Waals surface area (Å²) in [6.45, 7) is 8.32. The molecule has 15 heavy (non-hydrogen) atoms. The molecule has 1 heterocycles. The first kappa shape index (κ1) is 12.9. The van der Waals surface area contributed by atoms with Gasteiger partial charge in [-0.25, -0.2) is 0 Å².